The number of halogens is 7. The van der Waals surface area contributed by atoms with Crippen LogP contribution < -0.4 is 20.3 Å². The summed E-state index contributed by atoms with van der Waals surface area (Å²) in [5.74, 6) is -6.64. The zero-order valence-corrected chi connectivity index (χ0v) is 21.0. The summed E-state index contributed by atoms with van der Waals surface area (Å²) in [6.45, 7) is 2.94. The molecule has 1 aliphatic rings. The normalized spacial score (nSPS) is 13.9. The number of amides is 1. The Morgan fingerprint density at radius 1 is 1.00 bits per heavy atom. The predicted molar refractivity (Wildman–Crippen MR) is 135 cm³/mol. The number of benzene rings is 3. The zero-order chi connectivity index (χ0) is 28.6. The standard InChI is InChI=1S/C26H18ClF6N5O2/c27-16-3-1-13(9-15(16)26(31,32)33)25(39)37-20-11-17(28)22(29)24(23(20)30)40-14-2-4-18-19(10-14)36-21(12-35-18)38-7-5-34-6-8-38/h1-4,9-12,34H,5-8H2,(H,37,39). The number of carbonyl (C=O) groups is 1. The number of alkyl halides is 3. The van der Waals surface area contributed by atoms with Gasteiger partial charge in [-0.05, 0) is 30.3 Å². The molecule has 1 aliphatic heterocycles. The zero-order valence-electron chi connectivity index (χ0n) is 20.3. The minimum Gasteiger partial charge on any atom is -0.451 e. The van der Waals surface area contributed by atoms with Crippen LogP contribution in [0.15, 0.2) is 48.7 Å². The van der Waals surface area contributed by atoms with E-state index in [0.29, 0.717) is 42.1 Å². The molecule has 0 atom stereocenters. The predicted octanol–water partition coefficient (Wildman–Crippen LogP) is 6.17. The van der Waals surface area contributed by atoms with Crippen LogP contribution in [0.1, 0.15) is 15.9 Å². The SMILES string of the molecule is O=C(Nc1cc(F)c(F)c(Oc2ccc3ncc(N4CCNCC4)nc3c2)c1F)c1ccc(Cl)c(C(F)(F)F)c1. The second-order valence-electron chi connectivity index (χ2n) is 8.73. The van der Waals surface area contributed by atoms with Gasteiger partial charge in [0.1, 0.15) is 11.6 Å². The van der Waals surface area contributed by atoms with Crippen molar-refractivity contribution in [2.75, 3.05) is 36.4 Å². The number of carbonyl (C=O) groups excluding carboxylic acids is 1. The van der Waals surface area contributed by atoms with Gasteiger partial charge in [0.05, 0.1) is 33.5 Å². The van der Waals surface area contributed by atoms with E-state index in [1.165, 1.54) is 18.2 Å². The van der Waals surface area contributed by atoms with Crippen LogP contribution in [0.25, 0.3) is 11.0 Å². The molecule has 1 amide bonds. The summed E-state index contributed by atoms with van der Waals surface area (Å²) in [4.78, 5) is 23.4. The van der Waals surface area contributed by atoms with Crippen molar-refractivity contribution in [3.8, 4) is 11.5 Å². The molecular formula is C26H18ClF6N5O2. The fourth-order valence-electron chi connectivity index (χ4n) is 4.05. The molecule has 1 aromatic heterocycles. The van der Waals surface area contributed by atoms with Gasteiger partial charge >= 0.3 is 6.18 Å². The summed E-state index contributed by atoms with van der Waals surface area (Å²) in [7, 11) is 0. The number of hydrogen-bond donors (Lipinski definition) is 2. The van der Waals surface area contributed by atoms with Crippen LogP contribution in [-0.2, 0) is 6.18 Å². The molecule has 7 nitrogen and oxygen atoms in total. The molecule has 14 heteroatoms. The van der Waals surface area contributed by atoms with E-state index in [1.54, 1.807) is 6.20 Å². The minimum atomic E-state index is -4.86. The Hall–Kier alpha value is -4.10. The first-order valence-corrected chi connectivity index (χ1v) is 12.1. The highest BCUT2D eigenvalue weighted by atomic mass is 35.5. The van der Waals surface area contributed by atoms with E-state index >= 15 is 4.39 Å². The number of ether oxygens (including phenoxy) is 1. The minimum absolute atomic E-state index is 0.104. The van der Waals surface area contributed by atoms with Crippen molar-refractivity contribution in [1.82, 2.24) is 15.3 Å². The molecule has 0 spiro atoms. The van der Waals surface area contributed by atoms with Gasteiger partial charge in [-0.25, -0.2) is 13.8 Å². The Bertz CT molecular complexity index is 1610. The molecule has 0 unspecified atom stereocenters. The molecule has 2 N–H and O–H groups in total. The summed E-state index contributed by atoms with van der Waals surface area (Å²) in [5, 5.41) is 4.52. The van der Waals surface area contributed by atoms with Crippen molar-refractivity contribution >= 4 is 40.0 Å². The van der Waals surface area contributed by atoms with Gasteiger partial charge in [0.15, 0.2) is 11.6 Å². The second-order valence-corrected chi connectivity index (χ2v) is 9.13. The molecule has 40 heavy (non-hydrogen) atoms. The first-order valence-electron chi connectivity index (χ1n) is 11.8. The number of anilines is 2. The van der Waals surface area contributed by atoms with Crippen LogP contribution in [0.2, 0.25) is 5.02 Å². The Balaban J connectivity index is 1.43. The highest BCUT2D eigenvalue weighted by molar-refractivity contribution is 6.31. The highest BCUT2D eigenvalue weighted by Crippen LogP contribution is 2.37. The molecule has 1 fully saturated rings. The smallest absolute Gasteiger partial charge is 0.417 e. The van der Waals surface area contributed by atoms with Crippen LogP contribution in [0, 0.1) is 17.5 Å². The second kappa shape index (κ2) is 10.8. The maximum Gasteiger partial charge on any atom is 0.417 e. The molecule has 4 aromatic rings. The Labute approximate surface area is 227 Å². The van der Waals surface area contributed by atoms with E-state index in [0.717, 1.165) is 25.2 Å². The van der Waals surface area contributed by atoms with E-state index in [1.807, 2.05) is 10.2 Å². The van der Waals surface area contributed by atoms with E-state index in [-0.39, 0.29) is 5.75 Å². The lowest BCUT2D eigenvalue weighted by Crippen LogP contribution is -2.43. The maximum absolute atomic E-state index is 15.2. The topological polar surface area (TPSA) is 79.4 Å². The van der Waals surface area contributed by atoms with Gasteiger partial charge in [-0.2, -0.15) is 17.6 Å². The maximum atomic E-state index is 15.2. The molecule has 5 rings (SSSR count). The summed E-state index contributed by atoms with van der Waals surface area (Å²) < 4.78 is 89.0. The van der Waals surface area contributed by atoms with Gasteiger partial charge in [-0.15, -0.1) is 0 Å². The number of nitrogens with one attached hydrogen (secondary N) is 2. The van der Waals surface area contributed by atoms with Crippen LogP contribution in [-0.4, -0.2) is 42.1 Å². The van der Waals surface area contributed by atoms with E-state index in [2.05, 4.69) is 15.3 Å². The van der Waals surface area contributed by atoms with Crippen molar-refractivity contribution in [3.63, 3.8) is 0 Å². The van der Waals surface area contributed by atoms with Crippen molar-refractivity contribution < 1.29 is 35.9 Å². The fourth-order valence-corrected chi connectivity index (χ4v) is 4.27. The van der Waals surface area contributed by atoms with Crippen LogP contribution in [0.4, 0.5) is 37.8 Å². The van der Waals surface area contributed by atoms with Crippen molar-refractivity contribution in [1.29, 1.82) is 0 Å². The lowest BCUT2D eigenvalue weighted by molar-refractivity contribution is -0.137. The molecule has 0 bridgehead atoms. The van der Waals surface area contributed by atoms with Gasteiger partial charge in [-0.1, -0.05) is 11.6 Å². The molecule has 1 saturated heterocycles. The van der Waals surface area contributed by atoms with Crippen LogP contribution >= 0.6 is 11.6 Å². The first kappa shape index (κ1) is 27.5. The Morgan fingerprint density at radius 3 is 2.48 bits per heavy atom. The largest absolute Gasteiger partial charge is 0.451 e. The Morgan fingerprint density at radius 2 is 1.75 bits per heavy atom. The molecule has 0 aliphatic carbocycles. The van der Waals surface area contributed by atoms with Crippen LogP contribution in [0.3, 0.4) is 0 Å². The van der Waals surface area contributed by atoms with E-state index in [4.69, 9.17) is 16.3 Å². The van der Waals surface area contributed by atoms with E-state index < -0.39 is 57.1 Å². The average Bonchev–Trinajstić information content (AvgIpc) is 2.93. The van der Waals surface area contributed by atoms with E-state index in [9.17, 15) is 26.7 Å². The highest BCUT2D eigenvalue weighted by Gasteiger charge is 2.34. The van der Waals surface area contributed by atoms with Gasteiger partial charge in [-0.3, -0.25) is 9.78 Å². The number of piperazine rings is 1. The molecular weight excluding hydrogens is 564 g/mol. The number of rotatable bonds is 5. The quantitative estimate of drug-likeness (QED) is 0.217. The number of hydrogen-bond acceptors (Lipinski definition) is 6. The fraction of sp³-hybridized carbons (Fsp3) is 0.192. The Kier molecular flexibility index (Phi) is 7.43. The lowest BCUT2D eigenvalue weighted by Gasteiger charge is -2.28. The molecule has 2 heterocycles. The number of aromatic nitrogens is 2. The van der Waals surface area contributed by atoms with Crippen LogP contribution in [0.5, 0.6) is 11.5 Å². The average molecular weight is 582 g/mol. The van der Waals surface area contributed by atoms with Gasteiger partial charge in [0.25, 0.3) is 5.91 Å². The first-order chi connectivity index (χ1) is 19.0. The summed E-state index contributed by atoms with van der Waals surface area (Å²) >= 11 is 5.56. The lowest BCUT2D eigenvalue weighted by atomic mass is 10.1. The summed E-state index contributed by atoms with van der Waals surface area (Å²) in [5.41, 5.74) is -1.88. The van der Waals surface area contributed by atoms with Crippen molar-refractivity contribution in [2.24, 2.45) is 0 Å². The third-order valence-electron chi connectivity index (χ3n) is 6.06. The molecule has 0 saturated carbocycles. The monoisotopic (exact) mass is 581 g/mol. The number of fused-ring (bicyclic) bond motifs is 1. The van der Waals surface area contributed by atoms with Crippen molar-refractivity contribution in [2.45, 2.75) is 6.18 Å². The third-order valence-corrected chi connectivity index (χ3v) is 6.39. The summed E-state index contributed by atoms with van der Waals surface area (Å²) in [6, 6.07) is 6.81. The molecule has 208 valence electrons. The van der Waals surface area contributed by atoms with Gasteiger partial charge < -0.3 is 20.3 Å². The number of nitrogens with zero attached hydrogens (tertiary/aromatic N) is 3. The molecule has 3 aromatic carbocycles. The molecule has 0 radical (unpaired) electrons. The van der Waals surface area contributed by atoms with Gasteiger partial charge in [0.2, 0.25) is 11.6 Å². The third kappa shape index (κ3) is 5.61. The summed E-state index contributed by atoms with van der Waals surface area (Å²) in [6.07, 6.45) is -3.26. The van der Waals surface area contributed by atoms with Gasteiger partial charge in [0, 0.05) is 43.9 Å². The van der Waals surface area contributed by atoms with Crippen molar-refractivity contribution in [3.05, 3.63) is 82.3 Å².